The van der Waals surface area contributed by atoms with Gasteiger partial charge in [0.2, 0.25) is 0 Å². The third-order valence-corrected chi connectivity index (χ3v) is 13.4. The van der Waals surface area contributed by atoms with Gasteiger partial charge in [0.05, 0.1) is 12.2 Å². The summed E-state index contributed by atoms with van der Waals surface area (Å²) >= 11 is 0. The van der Waals surface area contributed by atoms with E-state index in [1.54, 1.807) is 0 Å². The molecule has 0 aromatic heterocycles. The van der Waals surface area contributed by atoms with Gasteiger partial charge in [0, 0.05) is 7.39 Å². The van der Waals surface area contributed by atoms with E-state index in [4.69, 9.17) is 9.92 Å². The van der Waals surface area contributed by atoms with Crippen molar-refractivity contribution in [1.82, 2.24) is 10.6 Å². The van der Waals surface area contributed by atoms with E-state index in [9.17, 15) is 19.4 Å². The summed E-state index contributed by atoms with van der Waals surface area (Å²) in [6.07, 6.45) is 12.1. The zero-order valence-corrected chi connectivity index (χ0v) is 28.6. The van der Waals surface area contributed by atoms with Crippen LogP contribution < -0.4 is 16.4 Å². The molecule has 6 N–H and O–H groups in total. The lowest BCUT2D eigenvalue weighted by molar-refractivity contribution is -0.167. The number of nitrogens with one attached hydrogen (secondary N) is 2. The number of nitrogens with two attached hydrogens (primary N) is 1. The molecule has 4 saturated carbocycles. The van der Waals surface area contributed by atoms with E-state index in [2.05, 4.69) is 31.4 Å². The van der Waals surface area contributed by atoms with E-state index in [-0.39, 0.29) is 22.9 Å². The standard InChI is InChI=1S/C34H65N3O5S/c1-23(2)31(42-43(39,40)41)12-9-24(3)27-10-11-28-32-29(14-16-34(27,28)5)33(4)15-13-26(21-25(33)22-30(32)38)37-20-8-19-36-18-7-6-17-35/h23-32,36-38H,6-22,35H2,1-5H3,(H,39,40,41)/t24-,25-,26+,27-,28?,29?,30?,31-,32?,33+,34-/m1/s1/i26D. The van der Waals surface area contributed by atoms with Crippen molar-refractivity contribution in [3.8, 4) is 0 Å². The minimum absolute atomic E-state index is 0.000666. The van der Waals surface area contributed by atoms with Crippen molar-refractivity contribution < 1.29 is 23.6 Å². The highest BCUT2D eigenvalue weighted by Gasteiger charge is 2.62. The predicted molar refractivity (Wildman–Crippen MR) is 174 cm³/mol. The first-order chi connectivity index (χ1) is 20.6. The maximum Gasteiger partial charge on any atom is 0.397 e. The lowest BCUT2D eigenvalue weighted by atomic mass is 9.43. The van der Waals surface area contributed by atoms with Crippen molar-refractivity contribution in [3.63, 3.8) is 0 Å². The summed E-state index contributed by atoms with van der Waals surface area (Å²) in [6, 6.07) is -0.597. The molecule has 0 aromatic carbocycles. The Labute approximate surface area is 264 Å². The van der Waals surface area contributed by atoms with Crippen LogP contribution in [-0.2, 0) is 14.6 Å². The highest BCUT2D eigenvalue weighted by molar-refractivity contribution is 7.80. The molecule has 4 rings (SSSR count). The van der Waals surface area contributed by atoms with Gasteiger partial charge in [-0.3, -0.25) is 4.55 Å². The SMILES string of the molecule is [2H][C@]1(NCCCNCCCCN)CC[C@]2(C)C3CC[C@@]4(C)C(CC[C@@H]4[C@H](C)CC[C@@H](OS(=O)(=O)O)C(C)C)C3C(O)C[C@H]2C1. The van der Waals surface area contributed by atoms with Crippen molar-refractivity contribution in [2.24, 2.45) is 58.0 Å². The normalized spacial score (nSPS) is 41.3. The van der Waals surface area contributed by atoms with Crippen LogP contribution in [0.3, 0.4) is 0 Å². The predicted octanol–water partition coefficient (Wildman–Crippen LogP) is 5.55. The molecule has 4 fully saturated rings. The van der Waals surface area contributed by atoms with Crippen LogP contribution in [0, 0.1) is 52.3 Å². The quantitative estimate of drug-likeness (QED) is 0.111. The molecule has 9 heteroatoms. The van der Waals surface area contributed by atoms with Crippen LogP contribution in [0.25, 0.3) is 0 Å². The molecule has 4 aliphatic carbocycles. The third kappa shape index (κ3) is 8.36. The number of aliphatic hydroxyl groups is 1. The Hall–Kier alpha value is -0.290. The van der Waals surface area contributed by atoms with Crippen molar-refractivity contribution in [1.29, 1.82) is 0 Å². The summed E-state index contributed by atoms with van der Waals surface area (Å²) in [5, 5.41) is 18.9. The van der Waals surface area contributed by atoms with Gasteiger partial charge in [-0.05, 0) is 162 Å². The van der Waals surface area contributed by atoms with Crippen LogP contribution >= 0.6 is 0 Å². The maximum absolute atomic E-state index is 11.8. The summed E-state index contributed by atoms with van der Waals surface area (Å²) in [5.74, 6) is 2.69. The minimum atomic E-state index is -4.47. The van der Waals surface area contributed by atoms with Gasteiger partial charge < -0.3 is 21.5 Å². The maximum atomic E-state index is 11.8. The van der Waals surface area contributed by atoms with Gasteiger partial charge in [0.1, 0.15) is 0 Å². The summed E-state index contributed by atoms with van der Waals surface area (Å²) in [6.45, 7) is 14.7. The van der Waals surface area contributed by atoms with Crippen molar-refractivity contribution in [2.75, 3.05) is 26.2 Å². The van der Waals surface area contributed by atoms with Crippen LogP contribution in [0.1, 0.15) is 119 Å². The topological polar surface area (TPSA) is 134 Å². The molecule has 43 heavy (non-hydrogen) atoms. The first-order valence-corrected chi connectivity index (χ1v) is 19.0. The smallest absolute Gasteiger partial charge is 0.393 e. The second kappa shape index (κ2) is 15.1. The van der Waals surface area contributed by atoms with Gasteiger partial charge in [-0.2, -0.15) is 8.42 Å². The highest BCUT2D eigenvalue weighted by Crippen LogP contribution is 2.68. The van der Waals surface area contributed by atoms with Gasteiger partial charge in [0.15, 0.2) is 0 Å². The van der Waals surface area contributed by atoms with E-state index >= 15 is 0 Å². The number of fused-ring (bicyclic) bond motifs is 5. The fraction of sp³-hybridized carbons (Fsp3) is 1.00. The van der Waals surface area contributed by atoms with Crippen LogP contribution in [0.15, 0.2) is 0 Å². The molecule has 0 aromatic rings. The zero-order chi connectivity index (χ0) is 32.3. The van der Waals surface area contributed by atoms with Crippen LogP contribution in [-0.4, -0.2) is 62.5 Å². The molecule has 252 valence electrons. The molecular formula is C34H65N3O5S. The highest BCUT2D eigenvalue weighted by atomic mass is 32.3. The molecule has 0 heterocycles. The molecule has 4 unspecified atom stereocenters. The third-order valence-electron chi connectivity index (χ3n) is 12.9. The minimum Gasteiger partial charge on any atom is -0.393 e. The number of hydrogen-bond acceptors (Lipinski definition) is 7. The largest absolute Gasteiger partial charge is 0.397 e. The van der Waals surface area contributed by atoms with E-state index in [1.165, 1.54) is 6.42 Å². The molecule has 4 aliphatic rings. The number of aliphatic hydroxyl groups excluding tert-OH is 1. The Morgan fingerprint density at radius 2 is 1.65 bits per heavy atom. The Morgan fingerprint density at radius 1 is 0.953 bits per heavy atom. The Kier molecular flexibility index (Phi) is 11.9. The summed E-state index contributed by atoms with van der Waals surface area (Å²) < 4.78 is 46.4. The fourth-order valence-electron chi connectivity index (χ4n) is 10.5. The molecule has 0 amide bonds. The Balaban J connectivity index is 1.34. The van der Waals surface area contributed by atoms with E-state index in [0.29, 0.717) is 41.9 Å². The van der Waals surface area contributed by atoms with Crippen LogP contribution in [0.4, 0.5) is 0 Å². The monoisotopic (exact) mass is 628 g/mol. The van der Waals surface area contributed by atoms with Crippen LogP contribution in [0.5, 0.6) is 0 Å². The first kappa shape index (κ1) is 34.1. The first-order valence-electron chi connectivity index (χ1n) is 18.1. The second-order valence-electron chi connectivity index (χ2n) is 15.7. The number of hydrogen-bond donors (Lipinski definition) is 5. The van der Waals surface area contributed by atoms with Gasteiger partial charge in [-0.15, -0.1) is 0 Å². The fourth-order valence-corrected chi connectivity index (χ4v) is 11.1. The Morgan fingerprint density at radius 3 is 2.35 bits per heavy atom. The van der Waals surface area contributed by atoms with E-state index < -0.39 is 22.5 Å². The molecule has 0 spiro atoms. The van der Waals surface area contributed by atoms with E-state index in [0.717, 1.165) is 96.8 Å². The molecule has 0 radical (unpaired) electrons. The van der Waals surface area contributed by atoms with Crippen LogP contribution in [0.2, 0.25) is 0 Å². The van der Waals surface area contributed by atoms with Gasteiger partial charge in [-0.25, -0.2) is 4.18 Å². The zero-order valence-electron chi connectivity index (χ0n) is 28.8. The summed E-state index contributed by atoms with van der Waals surface area (Å²) in [5.41, 5.74) is 5.94. The molecule has 11 atom stereocenters. The average Bonchev–Trinajstić information content (AvgIpc) is 3.30. The lowest BCUT2D eigenvalue weighted by Gasteiger charge is -2.62. The summed E-state index contributed by atoms with van der Waals surface area (Å²) in [4.78, 5) is 0. The second-order valence-corrected chi connectivity index (χ2v) is 16.8. The number of unbranched alkanes of at least 4 members (excludes halogenated alkanes) is 1. The van der Waals surface area contributed by atoms with Crippen molar-refractivity contribution in [2.45, 2.75) is 136 Å². The molecule has 0 saturated heterocycles. The number of rotatable bonds is 16. The Bertz CT molecular complexity index is 1030. The molecular weight excluding hydrogens is 562 g/mol. The molecule has 0 aliphatic heterocycles. The lowest BCUT2D eigenvalue weighted by Crippen LogP contribution is -2.59. The molecule has 0 bridgehead atoms. The van der Waals surface area contributed by atoms with Gasteiger partial charge in [-0.1, -0.05) is 34.6 Å². The average molecular weight is 629 g/mol. The van der Waals surface area contributed by atoms with Crippen molar-refractivity contribution >= 4 is 10.4 Å². The summed E-state index contributed by atoms with van der Waals surface area (Å²) in [7, 11) is -4.47. The van der Waals surface area contributed by atoms with E-state index in [1.807, 2.05) is 13.8 Å². The van der Waals surface area contributed by atoms with Gasteiger partial charge in [0.25, 0.3) is 0 Å². The van der Waals surface area contributed by atoms with Gasteiger partial charge >= 0.3 is 10.4 Å². The molecule has 8 nitrogen and oxygen atoms in total. The van der Waals surface area contributed by atoms with Crippen molar-refractivity contribution in [3.05, 3.63) is 0 Å².